The summed E-state index contributed by atoms with van der Waals surface area (Å²) in [7, 11) is 0. The van der Waals surface area contributed by atoms with E-state index in [4.69, 9.17) is 22.1 Å². The van der Waals surface area contributed by atoms with Crippen LogP contribution in [0.25, 0.3) is 23.0 Å². The number of thioether (sulfide) groups is 1. The van der Waals surface area contributed by atoms with Crippen LogP contribution in [0.3, 0.4) is 0 Å². The molecule has 1 aliphatic heterocycles. The zero-order valence-electron chi connectivity index (χ0n) is 19.1. The number of rotatable bonds is 8. The van der Waals surface area contributed by atoms with Crippen molar-refractivity contribution in [1.82, 2.24) is 14.7 Å². The average molecular weight is 478 g/mol. The Morgan fingerprint density at radius 1 is 1.15 bits per heavy atom. The highest BCUT2D eigenvalue weighted by Crippen LogP contribution is 2.36. The van der Waals surface area contributed by atoms with E-state index in [0.29, 0.717) is 22.4 Å². The molecule has 170 valence electrons. The molecular weight excluding hydrogens is 450 g/mol. The first kappa shape index (κ1) is 23.3. The first-order chi connectivity index (χ1) is 16.0. The fourth-order valence-electron chi connectivity index (χ4n) is 3.66. The van der Waals surface area contributed by atoms with Gasteiger partial charge in [-0.3, -0.25) is 9.69 Å². The number of amides is 1. The highest BCUT2D eigenvalue weighted by Gasteiger charge is 2.31. The highest BCUT2D eigenvalue weighted by atomic mass is 32.2. The molecule has 1 amide bonds. The van der Waals surface area contributed by atoms with Crippen LogP contribution in [0.1, 0.15) is 37.8 Å². The number of hydrogen-bond acceptors (Lipinski definition) is 5. The highest BCUT2D eigenvalue weighted by molar-refractivity contribution is 8.26. The predicted octanol–water partition coefficient (Wildman–Crippen LogP) is 6.25. The molecule has 1 aliphatic rings. The van der Waals surface area contributed by atoms with Crippen molar-refractivity contribution >= 4 is 40.3 Å². The van der Waals surface area contributed by atoms with Crippen molar-refractivity contribution in [2.45, 2.75) is 33.6 Å². The molecule has 33 heavy (non-hydrogen) atoms. The lowest BCUT2D eigenvalue weighted by Gasteiger charge is -2.10. The van der Waals surface area contributed by atoms with Crippen molar-refractivity contribution in [3.05, 3.63) is 70.8 Å². The van der Waals surface area contributed by atoms with Crippen molar-refractivity contribution in [3.8, 4) is 22.7 Å². The second kappa shape index (κ2) is 10.4. The summed E-state index contributed by atoms with van der Waals surface area (Å²) in [6.45, 7) is 7.42. The quantitative estimate of drug-likeness (QED) is 0.218. The largest absolute Gasteiger partial charge is 0.494 e. The molecule has 3 aromatic rings. The maximum Gasteiger partial charge on any atom is 0.266 e. The van der Waals surface area contributed by atoms with E-state index in [0.717, 1.165) is 46.7 Å². The molecular formula is C26H27N3O2S2. The minimum Gasteiger partial charge on any atom is -0.494 e. The Balaban J connectivity index is 1.76. The van der Waals surface area contributed by atoms with Crippen LogP contribution in [0.4, 0.5) is 0 Å². The summed E-state index contributed by atoms with van der Waals surface area (Å²) < 4.78 is 8.32. The molecule has 1 fully saturated rings. The number of benzene rings is 2. The number of carbonyl (C=O) groups excluding carboxylic acids is 1. The second-order valence-electron chi connectivity index (χ2n) is 7.82. The number of likely N-dealkylation sites (N-methyl/N-ethyl adjacent to an activating group) is 1. The number of ether oxygens (including phenoxy) is 1. The fourth-order valence-corrected chi connectivity index (χ4v) is 5.03. The van der Waals surface area contributed by atoms with E-state index in [1.54, 1.807) is 4.90 Å². The first-order valence-corrected chi connectivity index (χ1v) is 12.4. The van der Waals surface area contributed by atoms with Gasteiger partial charge >= 0.3 is 0 Å². The zero-order chi connectivity index (χ0) is 23.4. The number of para-hydroxylation sites is 1. The van der Waals surface area contributed by atoms with Gasteiger partial charge in [-0.1, -0.05) is 55.5 Å². The van der Waals surface area contributed by atoms with E-state index in [-0.39, 0.29) is 5.91 Å². The third-order valence-electron chi connectivity index (χ3n) is 5.46. The van der Waals surface area contributed by atoms with E-state index >= 15 is 0 Å². The average Bonchev–Trinajstić information content (AvgIpc) is 3.35. The van der Waals surface area contributed by atoms with Gasteiger partial charge in [0.1, 0.15) is 15.8 Å². The summed E-state index contributed by atoms with van der Waals surface area (Å²) in [5.74, 6) is 0.805. The molecule has 2 heterocycles. The Hall–Kier alpha value is -2.90. The molecule has 0 bridgehead atoms. The van der Waals surface area contributed by atoms with Gasteiger partial charge in [-0.25, -0.2) is 4.68 Å². The van der Waals surface area contributed by atoms with Crippen LogP contribution in [0, 0.1) is 6.92 Å². The van der Waals surface area contributed by atoms with Crippen LogP contribution in [0.15, 0.2) is 59.6 Å². The Kier molecular flexibility index (Phi) is 7.30. The summed E-state index contributed by atoms with van der Waals surface area (Å²) in [6, 6.07) is 16.0. The van der Waals surface area contributed by atoms with E-state index in [9.17, 15) is 4.79 Å². The molecule has 1 aromatic heterocycles. The minimum atomic E-state index is -0.0534. The number of aromatic nitrogens is 2. The van der Waals surface area contributed by atoms with Gasteiger partial charge in [-0.2, -0.15) is 5.10 Å². The zero-order valence-corrected chi connectivity index (χ0v) is 20.7. The van der Waals surface area contributed by atoms with Crippen LogP contribution in [-0.2, 0) is 4.79 Å². The maximum atomic E-state index is 12.8. The lowest BCUT2D eigenvalue weighted by atomic mass is 10.0. The van der Waals surface area contributed by atoms with Crippen LogP contribution < -0.4 is 4.74 Å². The van der Waals surface area contributed by atoms with Crippen molar-refractivity contribution < 1.29 is 9.53 Å². The lowest BCUT2D eigenvalue weighted by Crippen LogP contribution is -2.27. The first-order valence-electron chi connectivity index (χ1n) is 11.2. The van der Waals surface area contributed by atoms with E-state index in [1.165, 1.54) is 11.8 Å². The van der Waals surface area contributed by atoms with Crippen molar-refractivity contribution in [2.24, 2.45) is 0 Å². The summed E-state index contributed by atoms with van der Waals surface area (Å²) in [5.41, 5.74) is 4.72. The molecule has 0 aliphatic carbocycles. The molecule has 0 N–H and O–H groups in total. The Morgan fingerprint density at radius 2 is 1.94 bits per heavy atom. The number of thiocarbonyl (C=S) groups is 1. The third kappa shape index (κ3) is 5.04. The molecule has 0 saturated carbocycles. The Morgan fingerprint density at radius 3 is 2.61 bits per heavy atom. The summed E-state index contributed by atoms with van der Waals surface area (Å²) in [6.07, 6.45) is 6.00. The lowest BCUT2D eigenvalue weighted by molar-refractivity contribution is -0.121. The molecule has 1 saturated heterocycles. The van der Waals surface area contributed by atoms with Gasteiger partial charge in [-0.05, 0) is 62.2 Å². The van der Waals surface area contributed by atoms with Gasteiger partial charge in [0.2, 0.25) is 0 Å². The minimum absolute atomic E-state index is 0.0534. The number of carbonyl (C=O) groups is 1. The maximum absolute atomic E-state index is 12.8. The molecule has 0 radical (unpaired) electrons. The van der Waals surface area contributed by atoms with E-state index < -0.39 is 0 Å². The molecule has 4 rings (SSSR count). The third-order valence-corrected chi connectivity index (χ3v) is 6.84. The topological polar surface area (TPSA) is 47.4 Å². The van der Waals surface area contributed by atoms with E-state index in [2.05, 4.69) is 13.8 Å². The molecule has 2 aromatic carbocycles. The molecule has 0 atom stereocenters. The predicted molar refractivity (Wildman–Crippen MR) is 140 cm³/mol. The molecule has 0 unspecified atom stereocenters. The van der Waals surface area contributed by atoms with Crippen molar-refractivity contribution in [3.63, 3.8) is 0 Å². The molecule has 7 heteroatoms. The van der Waals surface area contributed by atoms with Gasteiger partial charge in [0.05, 0.1) is 17.2 Å². The van der Waals surface area contributed by atoms with Gasteiger partial charge < -0.3 is 4.74 Å². The number of hydrogen-bond donors (Lipinski definition) is 0. The number of unbranched alkanes of at least 4 members (excludes halogenated alkanes) is 1. The van der Waals surface area contributed by atoms with Gasteiger partial charge in [0.25, 0.3) is 5.91 Å². The van der Waals surface area contributed by atoms with Crippen LogP contribution in [0.5, 0.6) is 5.75 Å². The number of aryl methyl sites for hydroxylation is 1. The normalized spacial score (nSPS) is 15.0. The van der Waals surface area contributed by atoms with Crippen LogP contribution >= 0.6 is 24.0 Å². The van der Waals surface area contributed by atoms with Crippen molar-refractivity contribution in [2.75, 3.05) is 13.2 Å². The van der Waals surface area contributed by atoms with Crippen molar-refractivity contribution in [1.29, 1.82) is 0 Å². The Labute approximate surface area is 204 Å². The van der Waals surface area contributed by atoms with Gasteiger partial charge in [-0.15, -0.1) is 0 Å². The number of nitrogens with zero attached hydrogens (tertiary/aromatic N) is 3. The summed E-state index contributed by atoms with van der Waals surface area (Å²) >= 11 is 6.73. The second-order valence-corrected chi connectivity index (χ2v) is 9.49. The molecule has 5 nitrogen and oxygen atoms in total. The smallest absolute Gasteiger partial charge is 0.266 e. The summed E-state index contributed by atoms with van der Waals surface area (Å²) in [4.78, 5) is 15.1. The Bertz CT molecular complexity index is 1200. The van der Waals surface area contributed by atoms with Crippen LogP contribution in [0.2, 0.25) is 0 Å². The molecule has 0 spiro atoms. The summed E-state index contributed by atoms with van der Waals surface area (Å²) in [5, 5.41) is 4.91. The van der Waals surface area contributed by atoms with E-state index in [1.807, 2.05) is 72.4 Å². The standard InChI is InChI=1S/C26H27N3O2S2/c1-4-6-14-31-21-12-13-22(18(3)15-21)24-19(16-23-25(30)28(5-2)26(32)33-23)17-29(27-24)20-10-8-7-9-11-20/h7-13,15-17H,4-6,14H2,1-3H3/b23-16-. The fraction of sp³-hybridized carbons (Fsp3) is 0.269. The SMILES string of the molecule is CCCCOc1ccc(-c2nn(-c3ccccc3)cc2/C=C2\SC(=S)N(CC)C2=O)c(C)c1. The van der Waals surface area contributed by atoms with Gasteiger partial charge in [0, 0.05) is 23.9 Å². The van der Waals surface area contributed by atoms with Crippen LogP contribution in [-0.4, -0.2) is 38.1 Å². The van der Waals surface area contributed by atoms with Gasteiger partial charge in [0.15, 0.2) is 0 Å². The monoisotopic (exact) mass is 477 g/mol.